The van der Waals surface area contributed by atoms with Crippen molar-refractivity contribution in [1.29, 1.82) is 0 Å². The highest BCUT2D eigenvalue weighted by Crippen LogP contribution is 2.40. The van der Waals surface area contributed by atoms with E-state index in [9.17, 15) is 9.59 Å². The standard InChI is InChI=1S/C22H22ClNO3S/c23-16-11-9-15(10-12-16)19-20(28-14-18-8-5-13-27-18)22(26)24(21(19)25)17-6-3-1-2-4-7-17/h5,8-13,17H,1-4,6-7,14H2. The Bertz CT molecular complexity index is 881. The van der Waals surface area contributed by atoms with E-state index < -0.39 is 0 Å². The Hall–Kier alpha value is -1.98. The summed E-state index contributed by atoms with van der Waals surface area (Å²) in [5.41, 5.74) is 1.23. The topological polar surface area (TPSA) is 50.5 Å². The van der Waals surface area contributed by atoms with Gasteiger partial charge in [0.25, 0.3) is 11.8 Å². The fourth-order valence-corrected chi connectivity index (χ4v) is 5.07. The molecule has 0 radical (unpaired) electrons. The molecule has 4 rings (SSSR count). The molecule has 0 spiro atoms. The van der Waals surface area contributed by atoms with Gasteiger partial charge < -0.3 is 4.42 Å². The Balaban J connectivity index is 1.67. The van der Waals surface area contributed by atoms with Crippen LogP contribution < -0.4 is 0 Å². The van der Waals surface area contributed by atoms with Crippen LogP contribution in [0.15, 0.2) is 52.0 Å². The van der Waals surface area contributed by atoms with E-state index in [1.165, 1.54) is 29.5 Å². The molecule has 28 heavy (non-hydrogen) atoms. The molecule has 4 nitrogen and oxygen atoms in total. The summed E-state index contributed by atoms with van der Waals surface area (Å²) in [4.78, 5) is 28.7. The van der Waals surface area contributed by atoms with Gasteiger partial charge in [-0.05, 0) is 42.7 Å². The number of hydrogen-bond acceptors (Lipinski definition) is 4. The van der Waals surface area contributed by atoms with Gasteiger partial charge in [0, 0.05) is 11.1 Å². The highest BCUT2D eigenvalue weighted by Gasteiger charge is 2.42. The first kappa shape index (κ1) is 19.3. The average Bonchev–Trinajstić information content (AvgIpc) is 3.18. The van der Waals surface area contributed by atoms with Crippen LogP contribution in [0.4, 0.5) is 0 Å². The van der Waals surface area contributed by atoms with Crippen molar-refractivity contribution in [1.82, 2.24) is 4.90 Å². The van der Waals surface area contributed by atoms with Gasteiger partial charge in [-0.25, -0.2) is 0 Å². The number of thioether (sulfide) groups is 1. The van der Waals surface area contributed by atoms with Gasteiger partial charge in [0.1, 0.15) is 5.76 Å². The van der Waals surface area contributed by atoms with Crippen molar-refractivity contribution in [3.05, 3.63) is 63.9 Å². The molecule has 2 amide bonds. The molecule has 0 atom stereocenters. The quantitative estimate of drug-likeness (QED) is 0.466. The van der Waals surface area contributed by atoms with E-state index in [-0.39, 0.29) is 17.9 Å². The summed E-state index contributed by atoms with van der Waals surface area (Å²) in [6, 6.07) is 10.8. The molecule has 1 aliphatic carbocycles. The van der Waals surface area contributed by atoms with E-state index in [4.69, 9.17) is 16.0 Å². The van der Waals surface area contributed by atoms with Crippen molar-refractivity contribution >= 4 is 40.8 Å². The molecule has 1 aromatic carbocycles. The minimum absolute atomic E-state index is 0.00786. The lowest BCUT2D eigenvalue weighted by molar-refractivity contribution is -0.139. The third-order valence-electron chi connectivity index (χ3n) is 5.33. The maximum absolute atomic E-state index is 13.4. The third kappa shape index (κ3) is 3.91. The molecule has 6 heteroatoms. The summed E-state index contributed by atoms with van der Waals surface area (Å²) >= 11 is 7.40. The first-order valence-corrected chi connectivity index (χ1v) is 11.0. The Morgan fingerprint density at radius 2 is 1.71 bits per heavy atom. The smallest absolute Gasteiger partial charge is 0.268 e. The second-order valence-corrected chi connectivity index (χ2v) is 8.63. The molecule has 2 aromatic rings. The van der Waals surface area contributed by atoms with Crippen LogP contribution in [0.25, 0.3) is 5.57 Å². The molecule has 0 unspecified atom stereocenters. The van der Waals surface area contributed by atoms with Gasteiger partial charge in [-0.3, -0.25) is 14.5 Å². The van der Waals surface area contributed by atoms with Gasteiger partial charge in [0.15, 0.2) is 0 Å². The van der Waals surface area contributed by atoms with Crippen LogP contribution in [0.5, 0.6) is 0 Å². The second-order valence-electron chi connectivity index (χ2n) is 7.20. The van der Waals surface area contributed by atoms with Gasteiger partial charge in [-0.2, -0.15) is 0 Å². The van der Waals surface area contributed by atoms with Crippen LogP contribution >= 0.6 is 23.4 Å². The molecular weight excluding hydrogens is 394 g/mol. The monoisotopic (exact) mass is 415 g/mol. The molecule has 0 bridgehead atoms. The Kier molecular flexibility index (Phi) is 5.93. The van der Waals surface area contributed by atoms with Crippen LogP contribution in [0, 0.1) is 0 Å². The number of nitrogens with zero attached hydrogens (tertiary/aromatic N) is 1. The molecule has 2 aliphatic rings. The largest absolute Gasteiger partial charge is 0.468 e. The zero-order chi connectivity index (χ0) is 19.5. The SMILES string of the molecule is O=C1C(SCc2ccco2)=C(c2ccc(Cl)cc2)C(=O)N1C1CCCCCC1. The van der Waals surface area contributed by atoms with Crippen LogP contribution in [0.3, 0.4) is 0 Å². The van der Waals surface area contributed by atoms with Gasteiger partial charge >= 0.3 is 0 Å². The maximum Gasteiger partial charge on any atom is 0.268 e. The predicted molar refractivity (Wildman–Crippen MR) is 112 cm³/mol. The van der Waals surface area contributed by atoms with E-state index in [1.807, 2.05) is 24.3 Å². The van der Waals surface area contributed by atoms with E-state index in [0.717, 1.165) is 37.0 Å². The molecule has 0 N–H and O–H groups in total. The van der Waals surface area contributed by atoms with Crippen LogP contribution in [-0.4, -0.2) is 22.8 Å². The molecule has 0 saturated heterocycles. The van der Waals surface area contributed by atoms with Crippen LogP contribution in [-0.2, 0) is 15.3 Å². The maximum atomic E-state index is 13.4. The van der Waals surface area contributed by atoms with E-state index in [0.29, 0.717) is 21.3 Å². The number of carbonyl (C=O) groups excluding carboxylic acids is 2. The number of carbonyl (C=O) groups is 2. The number of hydrogen-bond donors (Lipinski definition) is 0. The predicted octanol–water partition coefficient (Wildman–Crippen LogP) is 5.67. The Labute approximate surface area is 173 Å². The lowest BCUT2D eigenvalue weighted by Gasteiger charge is -2.25. The highest BCUT2D eigenvalue weighted by molar-refractivity contribution is 8.03. The number of benzene rings is 1. The first-order valence-electron chi connectivity index (χ1n) is 9.68. The zero-order valence-electron chi connectivity index (χ0n) is 15.5. The summed E-state index contributed by atoms with van der Waals surface area (Å²) in [6.07, 6.45) is 7.86. The minimum Gasteiger partial charge on any atom is -0.468 e. The van der Waals surface area contributed by atoms with E-state index in [1.54, 1.807) is 18.4 Å². The lowest BCUT2D eigenvalue weighted by Crippen LogP contribution is -2.40. The van der Waals surface area contributed by atoms with Gasteiger partial charge in [-0.1, -0.05) is 49.4 Å². The summed E-state index contributed by atoms with van der Waals surface area (Å²) in [6.45, 7) is 0. The van der Waals surface area contributed by atoms with E-state index in [2.05, 4.69) is 0 Å². The lowest BCUT2D eigenvalue weighted by atomic mass is 10.0. The van der Waals surface area contributed by atoms with Crippen molar-refractivity contribution in [3.63, 3.8) is 0 Å². The number of imide groups is 1. The normalized spacial score (nSPS) is 18.8. The highest BCUT2D eigenvalue weighted by atomic mass is 35.5. The summed E-state index contributed by atoms with van der Waals surface area (Å²) in [5, 5.41) is 0.603. The average molecular weight is 416 g/mol. The number of amides is 2. The molecular formula is C22H22ClNO3S. The molecule has 146 valence electrons. The van der Waals surface area contributed by atoms with Gasteiger partial charge in [0.05, 0.1) is 22.5 Å². The third-order valence-corrected chi connectivity index (χ3v) is 6.68. The van der Waals surface area contributed by atoms with Gasteiger partial charge in [0.2, 0.25) is 0 Å². The minimum atomic E-state index is -0.179. The number of furan rings is 1. The second kappa shape index (κ2) is 8.58. The van der Waals surface area contributed by atoms with Crippen LogP contribution in [0.2, 0.25) is 5.02 Å². The Morgan fingerprint density at radius 3 is 2.36 bits per heavy atom. The summed E-state index contributed by atoms with van der Waals surface area (Å²) in [7, 11) is 0. The molecule has 1 aromatic heterocycles. The van der Waals surface area contributed by atoms with Crippen molar-refractivity contribution in [2.75, 3.05) is 0 Å². The summed E-state index contributed by atoms with van der Waals surface area (Å²) < 4.78 is 5.40. The van der Waals surface area contributed by atoms with Crippen molar-refractivity contribution in [3.8, 4) is 0 Å². The molecule has 1 fully saturated rings. The zero-order valence-corrected chi connectivity index (χ0v) is 17.1. The van der Waals surface area contributed by atoms with Crippen LogP contribution in [0.1, 0.15) is 49.8 Å². The summed E-state index contributed by atoms with van der Waals surface area (Å²) in [5.74, 6) is 0.942. The van der Waals surface area contributed by atoms with E-state index >= 15 is 0 Å². The van der Waals surface area contributed by atoms with Crippen molar-refractivity contribution in [2.24, 2.45) is 0 Å². The molecule has 2 heterocycles. The number of rotatable bonds is 5. The fourth-order valence-electron chi connectivity index (χ4n) is 3.92. The first-order chi connectivity index (χ1) is 13.6. The van der Waals surface area contributed by atoms with Crippen molar-refractivity contribution < 1.29 is 14.0 Å². The molecule has 1 saturated carbocycles. The Morgan fingerprint density at radius 1 is 1.00 bits per heavy atom. The molecule has 1 aliphatic heterocycles. The fraction of sp³-hybridized carbons (Fsp3) is 0.364. The van der Waals surface area contributed by atoms with Crippen molar-refractivity contribution in [2.45, 2.75) is 50.3 Å². The van der Waals surface area contributed by atoms with Gasteiger partial charge in [-0.15, -0.1) is 11.8 Å². The number of halogens is 1.